The highest BCUT2D eigenvalue weighted by atomic mass is 35.5. The van der Waals surface area contributed by atoms with Gasteiger partial charge in [0.25, 0.3) is 0 Å². The van der Waals surface area contributed by atoms with Crippen molar-refractivity contribution in [1.29, 1.82) is 0 Å². The van der Waals surface area contributed by atoms with Crippen molar-refractivity contribution < 1.29 is 23.1 Å². The summed E-state index contributed by atoms with van der Waals surface area (Å²) in [6.45, 7) is 0. The topological polar surface area (TPSA) is 55.1 Å². The van der Waals surface area contributed by atoms with Gasteiger partial charge in [-0.05, 0) is 6.42 Å². The standard InChI is InChI=1S/C8H6ClF3N2O2/c9-6-5(7(15)16)13-2-14(6)4-1-3(4)8(10,11)12/h2-4H,1H2,(H,15,16)/t3?,4-/m0/s1. The third-order valence-corrected chi connectivity index (χ3v) is 2.84. The predicted octanol–water partition coefficient (Wildman–Crippen LogP) is 2.36. The fourth-order valence-electron chi connectivity index (χ4n) is 1.56. The minimum atomic E-state index is -4.28. The monoisotopic (exact) mass is 254 g/mol. The van der Waals surface area contributed by atoms with Crippen LogP contribution >= 0.6 is 11.6 Å². The Balaban J connectivity index is 2.22. The van der Waals surface area contributed by atoms with Gasteiger partial charge in [0, 0.05) is 6.04 Å². The highest BCUT2D eigenvalue weighted by Crippen LogP contribution is 2.54. The van der Waals surface area contributed by atoms with Crippen LogP contribution in [0.2, 0.25) is 5.15 Å². The minimum absolute atomic E-state index is 0.0847. The Morgan fingerprint density at radius 1 is 1.62 bits per heavy atom. The number of imidazole rings is 1. The summed E-state index contributed by atoms with van der Waals surface area (Å²) in [5.74, 6) is -2.81. The summed E-state index contributed by atoms with van der Waals surface area (Å²) < 4.78 is 37.9. The molecular weight excluding hydrogens is 249 g/mol. The summed E-state index contributed by atoms with van der Waals surface area (Å²) in [6, 6.07) is -0.826. The number of aromatic carboxylic acids is 1. The van der Waals surface area contributed by atoms with E-state index in [-0.39, 0.29) is 11.6 Å². The van der Waals surface area contributed by atoms with E-state index >= 15 is 0 Å². The van der Waals surface area contributed by atoms with Gasteiger partial charge in [-0.2, -0.15) is 13.2 Å². The number of aromatic nitrogens is 2. The molecule has 2 atom stereocenters. The maximum atomic E-state index is 12.3. The van der Waals surface area contributed by atoms with Crippen LogP contribution in [-0.2, 0) is 0 Å². The van der Waals surface area contributed by atoms with E-state index in [1.807, 2.05) is 0 Å². The Labute approximate surface area is 92.6 Å². The molecule has 1 N–H and O–H groups in total. The molecule has 1 heterocycles. The molecule has 1 aromatic rings. The molecule has 0 amide bonds. The van der Waals surface area contributed by atoms with Crippen molar-refractivity contribution in [3.8, 4) is 0 Å². The van der Waals surface area contributed by atoms with Crippen molar-refractivity contribution >= 4 is 17.6 Å². The largest absolute Gasteiger partial charge is 0.476 e. The number of rotatable bonds is 2. The molecule has 4 nitrogen and oxygen atoms in total. The number of nitrogens with zero attached hydrogens (tertiary/aromatic N) is 2. The minimum Gasteiger partial charge on any atom is -0.476 e. The highest BCUT2D eigenvalue weighted by Gasteiger charge is 2.57. The Morgan fingerprint density at radius 2 is 2.25 bits per heavy atom. The van der Waals surface area contributed by atoms with E-state index in [0.717, 1.165) is 10.9 Å². The molecule has 1 fully saturated rings. The molecule has 0 radical (unpaired) electrons. The van der Waals surface area contributed by atoms with Gasteiger partial charge in [-0.3, -0.25) is 0 Å². The van der Waals surface area contributed by atoms with Crippen LogP contribution in [0.15, 0.2) is 6.33 Å². The summed E-state index contributed by atoms with van der Waals surface area (Å²) in [4.78, 5) is 14.0. The molecule has 0 aliphatic heterocycles. The molecule has 1 saturated carbocycles. The molecule has 1 aliphatic rings. The van der Waals surface area contributed by atoms with Gasteiger partial charge in [-0.15, -0.1) is 0 Å². The van der Waals surface area contributed by atoms with Gasteiger partial charge in [0.05, 0.1) is 12.2 Å². The first-order valence-corrected chi connectivity index (χ1v) is 4.72. The SMILES string of the molecule is O=C(O)c1ncn([C@H]2CC2C(F)(F)F)c1Cl. The average molecular weight is 255 g/mol. The molecular formula is C8H6ClF3N2O2. The van der Waals surface area contributed by atoms with Crippen molar-refractivity contribution in [2.75, 3.05) is 0 Å². The maximum absolute atomic E-state index is 12.3. The molecule has 16 heavy (non-hydrogen) atoms. The van der Waals surface area contributed by atoms with Crippen LogP contribution in [0.25, 0.3) is 0 Å². The second-order valence-electron chi connectivity index (χ2n) is 3.55. The third-order valence-electron chi connectivity index (χ3n) is 2.47. The lowest BCUT2D eigenvalue weighted by molar-refractivity contribution is -0.150. The zero-order chi connectivity index (χ0) is 12.1. The fraction of sp³-hybridized carbons (Fsp3) is 0.500. The Kier molecular flexibility index (Phi) is 2.37. The summed E-state index contributed by atoms with van der Waals surface area (Å²) in [6.07, 6.45) is -3.33. The van der Waals surface area contributed by atoms with E-state index in [1.165, 1.54) is 0 Å². The second-order valence-corrected chi connectivity index (χ2v) is 3.91. The average Bonchev–Trinajstić information content (AvgIpc) is 2.83. The van der Waals surface area contributed by atoms with Gasteiger partial charge >= 0.3 is 12.1 Å². The number of alkyl halides is 3. The van der Waals surface area contributed by atoms with Crippen molar-refractivity contribution in [2.24, 2.45) is 5.92 Å². The van der Waals surface area contributed by atoms with E-state index in [0.29, 0.717) is 0 Å². The van der Waals surface area contributed by atoms with Crippen molar-refractivity contribution in [1.82, 2.24) is 9.55 Å². The Bertz CT molecular complexity index is 443. The lowest BCUT2D eigenvalue weighted by Crippen LogP contribution is -2.13. The second kappa shape index (κ2) is 3.38. The third kappa shape index (κ3) is 1.75. The molecule has 0 spiro atoms. The normalized spacial score (nSPS) is 24.5. The quantitative estimate of drug-likeness (QED) is 0.881. The maximum Gasteiger partial charge on any atom is 0.393 e. The predicted molar refractivity (Wildman–Crippen MR) is 47.4 cm³/mol. The summed E-state index contributed by atoms with van der Waals surface area (Å²) in [5, 5.41) is 8.36. The van der Waals surface area contributed by atoms with Gasteiger partial charge in [0.1, 0.15) is 5.15 Å². The number of hydrogen-bond acceptors (Lipinski definition) is 2. The Morgan fingerprint density at radius 3 is 2.62 bits per heavy atom. The molecule has 2 rings (SSSR count). The van der Waals surface area contributed by atoms with Crippen molar-refractivity contribution in [3.63, 3.8) is 0 Å². The first-order chi connectivity index (χ1) is 7.32. The summed E-state index contributed by atoms with van der Waals surface area (Å²) >= 11 is 5.62. The van der Waals surface area contributed by atoms with Gasteiger partial charge in [0.15, 0.2) is 5.69 Å². The van der Waals surface area contributed by atoms with E-state index in [2.05, 4.69) is 4.98 Å². The zero-order valence-corrected chi connectivity index (χ0v) is 8.46. The smallest absolute Gasteiger partial charge is 0.393 e. The van der Waals surface area contributed by atoms with Crippen LogP contribution in [0.4, 0.5) is 13.2 Å². The zero-order valence-electron chi connectivity index (χ0n) is 7.70. The lowest BCUT2D eigenvalue weighted by Gasteiger charge is -2.06. The van der Waals surface area contributed by atoms with E-state index in [9.17, 15) is 18.0 Å². The van der Waals surface area contributed by atoms with Gasteiger partial charge in [-0.1, -0.05) is 11.6 Å². The van der Waals surface area contributed by atoms with E-state index in [1.54, 1.807) is 0 Å². The van der Waals surface area contributed by atoms with Gasteiger partial charge in [0.2, 0.25) is 0 Å². The molecule has 0 saturated heterocycles. The fourth-order valence-corrected chi connectivity index (χ4v) is 1.86. The number of halogens is 4. The molecule has 0 bridgehead atoms. The number of hydrogen-bond donors (Lipinski definition) is 1. The van der Waals surface area contributed by atoms with E-state index < -0.39 is 29.8 Å². The first kappa shape index (κ1) is 11.3. The lowest BCUT2D eigenvalue weighted by atomic mass is 10.4. The van der Waals surface area contributed by atoms with E-state index in [4.69, 9.17) is 16.7 Å². The van der Waals surface area contributed by atoms with Crippen LogP contribution in [0.3, 0.4) is 0 Å². The van der Waals surface area contributed by atoms with Gasteiger partial charge in [-0.25, -0.2) is 9.78 Å². The van der Waals surface area contributed by atoms with Crippen LogP contribution < -0.4 is 0 Å². The van der Waals surface area contributed by atoms with Crippen LogP contribution in [0, 0.1) is 5.92 Å². The van der Waals surface area contributed by atoms with Gasteiger partial charge < -0.3 is 9.67 Å². The number of carbonyl (C=O) groups is 1. The summed E-state index contributed by atoms with van der Waals surface area (Å²) in [7, 11) is 0. The molecule has 1 aliphatic carbocycles. The highest BCUT2D eigenvalue weighted by molar-refractivity contribution is 6.32. The number of carboxylic acid groups (broad SMARTS) is 1. The van der Waals surface area contributed by atoms with Crippen LogP contribution in [0.5, 0.6) is 0 Å². The molecule has 1 unspecified atom stereocenters. The van der Waals surface area contributed by atoms with Crippen LogP contribution in [0.1, 0.15) is 23.0 Å². The Hall–Kier alpha value is -1.24. The number of carboxylic acids is 1. The summed E-state index contributed by atoms with van der Waals surface area (Å²) in [5.41, 5.74) is -0.422. The van der Waals surface area contributed by atoms with Crippen molar-refractivity contribution in [2.45, 2.75) is 18.6 Å². The van der Waals surface area contributed by atoms with Crippen molar-refractivity contribution in [3.05, 3.63) is 17.2 Å². The molecule has 0 aromatic carbocycles. The molecule has 8 heteroatoms. The van der Waals surface area contributed by atoms with Crippen LogP contribution in [-0.4, -0.2) is 26.8 Å². The molecule has 88 valence electrons. The molecule has 1 aromatic heterocycles. The first-order valence-electron chi connectivity index (χ1n) is 4.34.